The molecule has 1 aliphatic rings. The Morgan fingerprint density at radius 1 is 1.75 bits per heavy atom. The van der Waals surface area contributed by atoms with Crippen molar-refractivity contribution >= 4 is 0 Å². The maximum atomic E-state index is 9.00. The monoisotopic (exact) mass is 166 g/mol. The van der Waals surface area contributed by atoms with Crippen molar-refractivity contribution in [2.75, 3.05) is 6.61 Å². The van der Waals surface area contributed by atoms with Crippen LogP contribution in [0.1, 0.15) is 17.7 Å². The first kappa shape index (κ1) is 7.80. The van der Waals surface area contributed by atoms with E-state index in [2.05, 4.69) is 5.10 Å². The highest BCUT2D eigenvalue weighted by molar-refractivity contribution is 5.21. The first-order valence-electron chi connectivity index (χ1n) is 4.42. The van der Waals surface area contributed by atoms with Crippen molar-refractivity contribution in [3.63, 3.8) is 0 Å². The van der Waals surface area contributed by atoms with Crippen LogP contribution in [0, 0.1) is 5.92 Å². The summed E-state index contributed by atoms with van der Waals surface area (Å²) in [6, 6.07) is 0. The van der Waals surface area contributed by atoms with Crippen molar-refractivity contribution in [3.05, 3.63) is 17.5 Å². The maximum absolute atomic E-state index is 9.00. The molecule has 1 aromatic heterocycles. The van der Waals surface area contributed by atoms with Crippen molar-refractivity contribution in [3.8, 4) is 0 Å². The third-order valence-electron chi connectivity index (χ3n) is 2.70. The molecule has 0 spiro atoms. The molecular formula is C9H14N2O. The van der Waals surface area contributed by atoms with Crippen LogP contribution in [-0.4, -0.2) is 21.5 Å². The van der Waals surface area contributed by atoms with Gasteiger partial charge in [0.05, 0.1) is 6.20 Å². The highest BCUT2D eigenvalue weighted by Gasteiger charge is 2.20. The van der Waals surface area contributed by atoms with Crippen molar-refractivity contribution in [1.82, 2.24) is 9.78 Å². The minimum Gasteiger partial charge on any atom is -0.396 e. The molecule has 66 valence electrons. The van der Waals surface area contributed by atoms with Crippen LogP contribution in [0.25, 0.3) is 0 Å². The third-order valence-corrected chi connectivity index (χ3v) is 2.70. The highest BCUT2D eigenvalue weighted by Crippen LogP contribution is 2.24. The second-order valence-electron chi connectivity index (χ2n) is 3.53. The summed E-state index contributed by atoms with van der Waals surface area (Å²) in [5, 5.41) is 13.2. The van der Waals surface area contributed by atoms with Gasteiger partial charge in [-0.2, -0.15) is 5.10 Å². The smallest absolute Gasteiger partial charge is 0.0524 e. The zero-order chi connectivity index (χ0) is 8.55. The molecule has 1 atom stereocenters. The lowest BCUT2D eigenvalue weighted by molar-refractivity contribution is 0.212. The molecule has 0 bridgehead atoms. The van der Waals surface area contributed by atoms with Crippen LogP contribution in [0.3, 0.4) is 0 Å². The second kappa shape index (κ2) is 2.90. The van der Waals surface area contributed by atoms with Crippen molar-refractivity contribution in [2.24, 2.45) is 13.0 Å². The Kier molecular flexibility index (Phi) is 1.89. The van der Waals surface area contributed by atoms with E-state index in [9.17, 15) is 0 Å². The van der Waals surface area contributed by atoms with Crippen LogP contribution in [-0.2, 0) is 19.9 Å². The summed E-state index contributed by atoms with van der Waals surface area (Å²) in [7, 11) is 1.98. The van der Waals surface area contributed by atoms with Crippen LogP contribution in [0.2, 0.25) is 0 Å². The molecule has 1 N–H and O–H groups in total. The topological polar surface area (TPSA) is 38.0 Å². The molecule has 12 heavy (non-hydrogen) atoms. The lowest BCUT2D eigenvalue weighted by atomic mass is 9.88. The Morgan fingerprint density at radius 3 is 3.33 bits per heavy atom. The predicted octanol–water partition coefficient (Wildman–Crippen LogP) is 0.517. The average molecular weight is 166 g/mol. The van der Waals surface area contributed by atoms with Crippen molar-refractivity contribution < 1.29 is 5.11 Å². The first-order valence-corrected chi connectivity index (χ1v) is 4.42. The Hall–Kier alpha value is -0.830. The van der Waals surface area contributed by atoms with Gasteiger partial charge in [-0.15, -0.1) is 0 Å². The normalized spacial score (nSPS) is 22.3. The zero-order valence-corrected chi connectivity index (χ0v) is 7.32. The summed E-state index contributed by atoms with van der Waals surface area (Å²) in [6.07, 6.45) is 5.09. The Labute approximate surface area is 72.0 Å². The van der Waals surface area contributed by atoms with E-state index in [0.29, 0.717) is 12.5 Å². The Balaban J connectivity index is 2.24. The molecule has 1 aromatic rings. The maximum Gasteiger partial charge on any atom is 0.0524 e. The molecule has 0 fully saturated rings. The molecule has 3 nitrogen and oxygen atoms in total. The van der Waals surface area contributed by atoms with Crippen molar-refractivity contribution in [1.29, 1.82) is 0 Å². The van der Waals surface area contributed by atoms with E-state index < -0.39 is 0 Å². The number of aliphatic hydroxyl groups excluding tert-OH is 1. The van der Waals surface area contributed by atoms with Gasteiger partial charge in [0, 0.05) is 19.3 Å². The minimum atomic E-state index is 0.314. The van der Waals surface area contributed by atoms with Gasteiger partial charge in [-0.05, 0) is 30.7 Å². The number of aromatic nitrogens is 2. The molecule has 0 aliphatic heterocycles. The quantitative estimate of drug-likeness (QED) is 0.660. The summed E-state index contributed by atoms with van der Waals surface area (Å²) in [6.45, 7) is 0.314. The van der Waals surface area contributed by atoms with Gasteiger partial charge in [-0.25, -0.2) is 0 Å². The second-order valence-corrected chi connectivity index (χ2v) is 3.53. The van der Waals surface area contributed by atoms with Gasteiger partial charge in [0.2, 0.25) is 0 Å². The SMILES string of the molecule is Cn1ncc2c1CC[C@@H](CO)C2. The largest absolute Gasteiger partial charge is 0.396 e. The molecule has 3 heteroatoms. The summed E-state index contributed by atoms with van der Waals surface area (Å²) in [5.74, 6) is 0.460. The molecule has 1 aliphatic carbocycles. The Bertz CT molecular complexity index is 280. The fourth-order valence-corrected chi connectivity index (χ4v) is 1.91. The summed E-state index contributed by atoms with van der Waals surface area (Å²) in [4.78, 5) is 0. The number of rotatable bonds is 1. The van der Waals surface area contributed by atoms with E-state index >= 15 is 0 Å². The van der Waals surface area contributed by atoms with Crippen LogP contribution in [0.15, 0.2) is 6.20 Å². The minimum absolute atomic E-state index is 0.314. The molecule has 0 amide bonds. The van der Waals surface area contributed by atoms with Crippen LogP contribution in [0.5, 0.6) is 0 Å². The predicted molar refractivity (Wildman–Crippen MR) is 45.8 cm³/mol. The summed E-state index contributed by atoms with van der Waals surface area (Å²) >= 11 is 0. The summed E-state index contributed by atoms with van der Waals surface area (Å²) in [5.41, 5.74) is 2.67. The lowest BCUT2D eigenvalue weighted by Gasteiger charge is -2.19. The molecular weight excluding hydrogens is 152 g/mol. The fourth-order valence-electron chi connectivity index (χ4n) is 1.91. The van der Waals surface area contributed by atoms with Gasteiger partial charge in [0.1, 0.15) is 0 Å². The van der Waals surface area contributed by atoms with E-state index in [1.165, 1.54) is 11.3 Å². The van der Waals surface area contributed by atoms with E-state index in [4.69, 9.17) is 5.11 Å². The van der Waals surface area contributed by atoms with Crippen LogP contribution >= 0.6 is 0 Å². The fraction of sp³-hybridized carbons (Fsp3) is 0.667. The number of hydrogen-bond acceptors (Lipinski definition) is 2. The van der Waals surface area contributed by atoms with Crippen molar-refractivity contribution in [2.45, 2.75) is 19.3 Å². The van der Waals surface area contributed by atoms with Gasteiger partial charge in [-0.3, -0.25) is 4.68 Å². The van der Waals surface area contributed by atoms with Crippen LogP contribution in [0.4, 0.5) is 0 Å². The van der Waals surface area contributed by atoms with E-state index in [0.717, 1.165) is 19.3 Å². The number of aryl methyl sites for hydroxylation is 1. The highest BCUT2D eigenvalue weighted by atomic mass is 16.3. The van der Waals surface area contributed by atoms with Gasteiger partial charge >= 0.3 is 0 Å². The van der Waals surface area contributed by atoms with Crippen LogP contribution < -0.4 is 0 Å². The molecule has 1 heterocycles. The molecule has 0 aromatic carbocycles. The van der Waals surface area contributed by atoms with Gasteiger partial charge in [0.15, 0.2) is 0 Å². The lowest BCUT2D eigenvalue weighted by Crippen LogP contribution is -2.18. The van der Waals surface area contributed by atoms with Gasteiger partial charge in [-0.1, -0.05) is 0 Å². The first-order chi connectivity index (χ1) is 5.81. The van der Waals surface area contributed by atoms with E-state index in [-0.39, 0.29) is 0 Å². The van der Waals surface area contributed by atoms with Gasteiger partial charge in [0.25, 0.3) is 0 Å². The number of hydrogen-bond donors (Lipinski definition) is 1. The number of aliphatic hydroxyl groups is 1. The van der Waals surface area contributed by atoms with Gasteiger partial charge < -0.3 is 5.11 Å². The standard InChI is InChI=1S/C9H14N2O/c1-11-9-3-2-7(6-12)4-8(9)5-10-11/h5,7,12H,2-4,6H2,1H3/t7-/m1/s1. The number of nitrogens with zero attached hydrogens (tertiary/aromatic N) is 2. The molecule has 0 radical (unpaired) electrons. The molecule has 0 saturated heterocycles. The molecule has 2 rings (SSSR count). The molecule has 0 unspecified atom stereocenters. The Morgan fingerprint density at radius 2 is 2.58 bits per heavy atom. The summed E-state index contributed by atoms with van der Waals surface area (Å²) < 4.78 is 1.95. The molecule has 0 saturated carbocycles. The number of fused-ring (bicyclic) bond motifs is 1. The zero-order valence-electron chi connectivity index (χ0n) is 7.32. The average Bonchev–Trinajstić information content (AvgIpc) is 2.47. The van der Waals surface area contributed by atoms with E-state index in [1.807, 2.05) is 17.9 Å². The van der Waals surface area contributed by atoms with E-state index in [1.54, 1.807) is 0 Å². The third kappa shape index (κ3) is 1.14.